The van der Waals surface area contributed by atoms with Crippen molar-refractivity contribution in [3.63, 3.8) is 0 Å². The minimum absolute atomic E-state index is 0.379. The molecular formula is C13H16ClN3. The van der Waals surface area contributed by atoms with Gasteiger partial charge in [-0.2, -0.15) is 5.26 Å². The Labute approximate surface area is 107 Å². The van der Waals surface area contributed by atoms with Crippen molar-refractivity contribution in [1.82, 2.24) is 4.98 Å². The summed E-state index contributed by atoms with van der Waals surface area (Å²) in [6.07, 6.45) is 3.91. The van der Waals surface area contributed by atoms with Crippen molar-refractivity contribution >= 4 is 17.4 Å². The summed E-state index contributed by atoms with van der Waals surface area (Å²) >= 11 is 5.86. The van der Waals surface area contributed by atoms with Gasteiger partial charge in [-0.25, -0.2) is 4.98 Å². The topological polar surface area (TPSA) is 62.7 Å². The molecule has 1 heterocycles. The molecule has 1 aromatic heterocycles. The molecule has 0 atom stereocenters. The Hall–Kier alpha value is -1.27. The number of alkyl halides is 1. The zero-order valence-electron chi connectivity index (χ0n) is 9.96. The monoisotopic (exact) mass is 249 g/mol. The highest BCUT2D eigenvalue weighted by atomic mass is 35.5. The molecule has 1 fully saturated rings. The van der Waals surface area contributed by atoms with E-state index in [1.165, 1.54) is 0 Å². The first-order valence-corrected chi connectivity index (χ1v) is 6.53. The average Bonchev–Trinajstić information content (AvgIpc) is 3.14. The van der Waals surface area contributed by atoms with Crippen LogP contribution in [0, 0.1) is 11.3 Å². The maximum atomic E-state index is 9.23. The summed E-state index contributed by atoms with van der Waals surface area (Å²) in [5.74, 6) is 1.44. The largest absolute Gasteiger partial charge is 0.383 e. The summed E-state index contributed by atoms with van der Waals surface area (Å²) in [4.78, 5) is 4.35. The van der Waals surface area contributed by atoms with Gasteiger partial charge in [0.05, 0.1) is 5.56 Å². The molecule has 2 rings (SSSR count). The second-order valence-corrected chi connectivity index (χ2v) is 4.77. The quantitative estimate of drug-likeness (QED) is 0.835. The number of hydrogen-bond acceptors (Lipinski definition) is 3. The van der Waals surface area contributed by atoms with Crippen LogP contribution >= 0.6 is 11.6 Å². The molecule has 2 N–H and O–H groups in total. The van der Waals surface area contributed by atoms with Crippen molar-refractivity contribution in [2.24, 2.45) is 0 Å². The van der Waals surface area contributed by atoms with Gasteiger partial charge >= 0.3 is 0 Å². The zero-order chi connectivity index (χ0) is 12.4. The highest BCUT2D eigenvalue weighted by Gasteiger charge is 2.31. The summed E-state index contributed by atoms with van der Waals surface area (Å²) < 4.78 is 0. The summed E-state index contributed by atoms with van der Waals surface area (Å²) in [7, 11) is 0. The zero-order valence-corrected chi connectivity index (χ0v) is 10.7. The van der Waals surface area contributed by atoms with Gasteiger partial charge in [0.1, 0.15) is 11.9 Å². The smallest absolute Gasteiger partial charge is 0.141 e. The lowest BCUT2D eigenvalue weighted by Crippen LogP contribution is -2.09. The van der Waals surface area contributed by atoms with Gasteiger partial charge in [0.25, 0.3) is 0 Å². The summed E-state index contributed by atoms with van der Waals surface area (Å²) in [5.41, 5.74) is 9.74. The van der Waals surface area contributed by atoms with E-state index in [4.69, 9.17) is 17.3 Å². The number of nitrogen functional groups attached to an aromatic ring is 1. The predicted octanol–water partition coefficient (Wildman–Crippen LogP) is 2.76. The molecule has 0 aliphatic heterocycles. The standard InChI is InChI=1S/C13H16ClN3/c1-2-11-9(5-6-14)12(8-3-4-8)10(7-15)13(16)17-11/h8H,2-6H2,1H3,(H2,16,17). The number of nitriles is 1. The number of halogens is 1. The van der Waals surface area contributed by atoms with E-state index in [1.807, 2.05) is 0 Å². The molecule has 0 saturated heterocycles. The number of pyridine rings is 1. The van der Waals surface area contributed by atoms with Crippen LogP contribution in [0.4, 0.5) is 5.82 Å². The van der Waals surface area contributed by atoms with E-state index in [9.17, 15) is 5.26 Å². The van der Waals surface area contributed by atoms with Crippen molar-refractivity contribution in [1.29, 1.82) is 5.26 Å². The predicted molar refractivity (Wildman–Crippen MR) is 69.1 cm³/mol. The van der Waals surface area contributed by atoms with Crippen LogP contribution in [0.1, 0.15) is 48.1 Å². The molecule has 1 aliphatic rings. The second kappa shape index (κ2) is 4.93. The summed E-state index contributed by atoms with van der Waals surface area (Å²) in [6.45, 7) is 2.06. The van der Waals surface area contributed by atoms with Gasteiger partial charge in [0.15, 0.2) is 0 Å². The van der Waals surface area contributed by atoms with Crippen LogP contribution in [0.5, 0.6) is 0 Å². The van der Waals surface area contributed by atoms with Crippen molar-refractivity contribution in [2.75, 3.05) is 11.6 Å². The molecule has 0 amide bonds. The highest BCUT2D eigenvalue weighted by molar-refractivity contribution is 6.18. The van der Waals surface area contributed by atoms with Crippen molar-refractivity contribution in [2.45, 2.75) is 38.5 Å². The Morgan fingerprint density at radius 3 is 2.71 bits per heavy atom. The third kappa shape index (κ3) is 2.23. The molecule has 90 valence electrons. The molecule has 0 spiro atoms. The first-order valence-electron chi connectivity index (χ1n) is 6.00. The fourth-order valence-corrected chi connectivity index (χ4v) is 2.51. The van der Waals surface area contributed by atoms with Gasteiger partial charge in [0.2, 0.25) is 0 Å². The van der Waals surface area contributed by atoms with Gasteiger partial charge in [-0.15, -0.1) is 11.6 Å². The first kappa shape index (κ1) is 12.2. The number of nitrogens with zero attached hydrogens (tertiary/aromatic N) is 2. The van der Waals surface area contributed by atoms with Crippen LogP contribution in [0.3, 0.4) is 0 Å². The van der Waals surface area contributed by atoms with Gasteiger partial charge in [-0.05, 0) is 42.7 Å². The van der Waals surface area contributed by atoms with Crippen LogP contribution in [-0.2, 0) is 12.8 Å². The maximum absolute atomic E-state index is 9.23. The molecular weight excluding hydrogens is 234 g/mol. The molecule has 0 aromatic carbocycles. The third-order valence-corrected chi connectivity index (χ3v) is 3.42. The molecule has 0 unspecified atom stereocenters. The summed E-state index contributed by atoms with van der Waals surface area (Å²) in [6, 6.07) is 2.20. The molecule has 3 nitrogen and oxygen atoms in total. The Balaban J connectivity index is 2.63. The van der Waals surface area contributed by atoms with Crippen LogP contribution in [0.2, 0.25) is 0 Å². The third-order valence-electron chi connectivity index (χ3n) is 3.23. The number of aromatic nitrogens is 1. The fourth-order valence-electron chi connectivity index (χ4n) is 2.32. The molecule has 1 aromatic rings. The fraction of sp³-hybridized carbons (Fsp3) is 0.538. The number of anilines is 1. The lowest BCUT2D eigenvalue weighted by Gasteiger charge is -2.15. The maximum Gasteiger partial charge on any atom is 0.141 e. The number of rotatable bonds is 4. The number of aryl methyl sites for hydroxylation is 1. The van der Waals surface area contributed by atoms with E-state index in [2.05, 4.69) is 18.0 Å². The van der Waals surface area contributed by atoms with Crippen molar-refractivity contribution < 1.29 is 0 Å². The van der Waals surface area contributed by atoms with Crippen LogP contribution < -0.4 is 5.73 Å². The lowest BCUT2D eigenvalue weighted by molar-refractivity contribution is 0.923. The van der Waals surface area contributed by atoms with Crippen LogP contribution in [-0.4, -0.2) is 10.9 Å². The van der Waals surface area contributed by atoms with E-state index in [1.54, 1.807) is 0 Å². The summed E-state index contributed by atoms with van der Waals surface area (Å²) in [5, 5.41) is 9.23. The van der Waals surface area contributed by atoms with E-state index >= 15 is 0 Å². The molecule has 0 bridgehead atoms. The molecule has 0 radical (unpaired) electrons. The molecule has 1 saturated carbocycles. The van der Waals surface area contributed by atoms with Gasteiger partial charge in [0, 0.05) is 11.6 Å². The Bertz CT molecular complexity index is 473. The minimum atomic E-state index is 0.379. The SMILES string of the molecule is CCc1nc(N)c(C#N)c(C2CC2)c1CCCl. The van der Waals surface area contributed by atoms with Crippen LogP contribution in [0.15, 0.2) is 0 Å². The van der Waals surface area contributed by atoms with Gasteiger partial charge in [-0.1, -0.05) is 6.92 Å². The first-order chi connectivity index (χ1) is 8.22. The Morgan fingerprint density at radius 1 is 1.53 bits per heavy atom. The van der Waals surface area contributed by atoms with Gasteiger partial charge < -0.3 is 5.73 Å². The second-order valence-electron chi connectivity index (χ2n) is 4.39. The number of hydrogen-bond donors (Lipinski definition) is 1. The highest BCUT2D eigenvalue weighted by Crippen LogP contribution is 2.45. The van der Waals surface area contributed by atoms with E-state index in [0.717, 1.165) is 42.5 Å². The number of nitrogens with two attached hydrogens (primary N) is 1. The molecule has 4 heteroatoms. The van der Waals surface area contributed by atoms with E-state index in [0.29, 0.717) is 23.2 Å². The average molecular weight is 250 g/mol. The Kier molecular flexibility index (Phi) is 3.54. The Morgan fingerprint density at radius 2 is 2.24 bits per heavy atom. The van der Waals surface area contributed by atoms with Crippen molar-refractivity contribution in [3.05, 3.63) is 22.4 Å². The molecule has 1 aliphatic carbocycles. The van der Waals surface area contributed by atoms with Crippen molar-refractivity contribution in [3.8, 4) is 6.07 Å². The minimum Gasteiger partial charge on any atom is -0.383 e. The normalized spacial score (nSPS) is 14.6. The molecule has 17 heavy (non-hydrogen) atoms. The van der Waals surface area contributed by atoms with E-state index in [-0.39, 0.29) is 0 Å². The van der Waals surface area contributed by atoms with Crippen LogP contribution in [0.25, 0.3) is 0 Å². The lowest BCUT2D eigenvalue weighted by atomic mass is 9.94. The van der Waals surface area contributed by atoms with E-state index < -0.39 is 0 Å². The van der Waals surface area contributed by atoms with Gasteiger partial charge in [-0.3, -0.25) is 0 Å².